The van der Waals surface area contributed by atoms with Crippen LogP contribution in [0.5, 0.6) is 0 Å². The second-order valence-corrected chi connectivity index (χ2v) is 1.85. The highest BCUT2D eigenvalue weighted by atomic mass is 16.5. The molecule has 0 aliphatic heterocycles. The minimum Gasteiger partial charge on any atom is -0.364 e. The van der Waals surface area contributed by atoms with Crippen LogP contribution in [0.4, 0.5) is 0 Å². The molecule has 0 spiro atoms. The highest BCUT2D eigenvalue weighted by Crippen LogP contribution is 2.06. The van der Waals surface area contributed by atoms with Crippen LogP contribution < -0.4 is 0 Å². The Morgan fingerprint density at radius 3 is 3.10 bits per heavy atom. The van der Waals surface area contributed by atoms with Gasteiger partial charge in [-0.25, -0.2) is 0 Å². The first-order chi connectivity index (χ1) is 4.84. The van der Waals surface area contributed by atoms with Crippen LogP contribution in [0, 0.1) is 6.92 Å². The van der Waals surface area contributed by atoms with Gasteiger partial charge >= 0.3 is 0 Å². The van der Waals surface area contributed by atoms with E-state index in [4.69, 9.17) is 0 Å². The molecule has 0 aliphatic rings. The molecular formula is C7H8N2O. The second kappa shape index (κ2) is 2.96. The van der Waals surface area contributed by atoms with E-state index in [9.17, 15) is 0 Å². The maximum absolute atomic E-state index is 4.68. The number of aliphatic imine (C=N–C) groups is 1. The van der Waals surface area contributed by atoms with Gasteiger partial charge in [0.05, 0.1) is 5.69 Å². The van der Waals surface area contributed by atoms with Crippen LogP contribution in [-0.4, -0.2) is 11.9 Å². The Kier molecular flexibility index (Phi) is 1.99. The summed E-state index contributed by atoms with van der Waals surface area (Å²) in [5.41, 5.74) is 1.80. The highest BCUT2D eigenvalue weighted by molar-refractivity contribution is 5.50. The fraction of sp³-hybridized carbons (Fsp3) is 0.143. The van der Waals surface area contributed by atoms with Crippen LogP contribution in [-0.2, 0) is 0 Å². The summed E-state index contributed by atoms with van der Waals surface area (Å²) in [5, 5.41) is 3.68. The average molecular weight is 136 g/mol. The van der Waals surface area contributed by atoms with Gasteiger partial charge < -0.3 is 4.52 Å². The van der Waals surface area contributed by atoms with Gasteiger partial charge in [-0.15, -0.1) is 0 Å². The lowest BCUT2D eigenvalue weighted by atomic mass is 10.3. The summed E-state index contributed by atoms with van der Waals surface area (Å²) >= 11 is 0. The molecule has 10 heavy (non-hydrogen) atoms. The minimum atomic E-state index is 0.861. The van der Waals surface area contributed by atoms with Crippen LogP contribution in [0.3, 0.4) is 0 Å². The van der Waals surface area contributed by atoms with Crippen LogP contribution >= 0.6 is 0 Å². The van der Waals surface area contributed by atoms with Crippen LogP contribution in [0.2, 0.25) is 0 Å². The predicted octanol–water partition coefficient (Wildman–Crippen LogP) is 1.65. The minimum absolute atomic E-state index is 0.861. The molecule has 0 saturated carbocycles. The molecule has 1 aromatic heterocycles. The maximum atomic E-state index is 4.68. The van der Waals surface area contributed by atoms with Crippen LogP contribution in [0.15, 0.2) is 22.0 Å². The van der Waals surface area contributed by atoms with Crippen molar-refractivity contribution in [1.82, 2.24) is 5.16 Å². The van der Waals surface area contributed by atoms with Crippen molar-refractivity contribution in [3.05, 3.63) is 23.7 Å². The molecule has 52 valence electrons. The molecule has 3 nitrogen and oxygen atoms in total. The summed E-state index contributed by atoms with van der Waals surface area (Å²) in [6.07, 6.45) is 4.95. The largest absolute Gasteiger partial charge is 0.364 e. The Morgan fingerprint density at radius 1 is 1.80 bits per heavy atom. The first kappa shape index (κ1) is 6.74. The lowest BCUT2D eigenvalue weighted by Gasteiger charge is -1.80. The van der Waals surface area contributed by atoms with E-state index in [1.807, 2.05) is 6.92 Å². The van der Waals surface area contributed by atoms with Crippen molar-refractivity contribution < 1.29 is 4.52 Å². The van der Waals surface area contributed by atoms with Crippen molar-refractivity contribution in [3.8, 4) is 0 Å². The number of aryl methyl sites for hydroxylation is 1. The van der Waals surface area contributed by atoms with Gasteiger partial charge in [0.15, 0.2) is 0 Å². The Hall–Kier alpha value is -1.38. The standard InChI is InChI=1S/C7H8N2O/c1-6-7(3-4-8-2)5-10-9-6/h3-5H,2H2,1H3/b4-3-. The molecule has 0 fully saturated rings. The molecule has 0 N–H and O–H groups in total. The van der Waals surface area contributed by atoms with E-state index in [0.717, 1.165) is 11.3 Å². The summed E-state index contributed by atoms with van der Waals surface area (Å²) < 4.78 is 4.68. The highest BCUT2D eigenvalue weighted by Gasteiger charge is 1.95. The fourth-order valence-electron chi connectivity index (χ4n) is 0.593. The zero-order valence-electron chi connectivity index (χ0n) is 5.74. The number of aromatic nitrogens is 1. The molecular weight excluding hydrogens is 128 g/mol. The van der Waals surface area contributed by atoms with Gasteiger partial charge in [-0.2, -0.15) is 0 Å². The van der Waals surface area contributed by atoms with Gasteiger partial charge in [0, 0.05) is 11.8 Å². The van der Waals surface area contributed by atoms with Crippen molar-refractivity contribution in [3.63, 3.8) is 0 Å². The molecule has 0 aromatic carbocycles. The number of rotatable bonds is 2. The molecule has 0 amide bonds. The molecule has 0 saturated heterocycles. The second-order valence-electron chi connectivity index (χ2n) is 1.85. The topological polar surface area (TPSA) is 38.4 Å². The Labute approximate surface area is 59.1 Å². The van der Waals surface area contributed by atoms with E-state index in [1.54, 1.807) is 18.5 Å². The van der Waals surface area contributed by atoms with Crippen molar-refractivity contribution in [2.75, 3.05) is 0 Å². The molecule has 0 aliphatic carbocycles. The zero-order valence-corrected chi connectivity index (χ0v) is 5.74. The lowest BCUT2D eigenvalue weighted by molar-refractivity contribution is 0.415. The molecule has 0 bridgehead atoms. The van der Waals surface area contributed by atoms with Crippen molar-refractivity contribution in [2.24, 2.45) is 4.99 Å². The Balaban J connectivity index is 2.83. The third kappa shape index (κ3) is 1.31. The van der Waals surface area contributed by atoms with E-state index in [-0.39, 0.29) is 0 Å². The normalized spacial score (nSPS) is 10.5. The third-order valence-electron chi connectivity index (χ3n) is 1.15. The quantitative estimate of drug-likeness (QED) is 0.580. The maximum Gasteiger partial charge on any atom is 0.131 e. The van der Waals surface area contributed by atoms with Gasteiger partial charge in [0.1, 0.15) is 6.26 Å². The van der Waals surface area contributed by atoms with Gasteiger partial charge in [-0.1, -0.05) is 5.16 Å². The smallest absolute Gasteiger partial charge is 0.131 e. The van der Waals surface area contributed by atoms with E-state index in [1.165, 1.54) is 0 Å². The Bertz CT molecular complexity index is 250. The first-order valence-electron chi connectivity index (χ1n) is 2.88. The summed E-state index contributed by atoms with van der Waals surface area (Å²) in [5.74, 6) is 0. The van der Waals surface area contributed by atoms with Gasteiger partial charge in [-0.3, -0.25) is 4.99 Å². The van der Waals surface area contributed by atoms with E-state index in [2.05, 4.69) is 21.4 Å². The SMILES string of the molecule is C=N/C=C\c1conc1C. The van der Waals surface area contributed by atoms with E-state index >= 15 is 0 Å². The summed E-state index contributed by atoms with van der Waals surface area (Å²) in [6, 6.07) is 0. The van der Waals surface area contributed by atoms with Crippen LogP contribution in [0.25, 0.3) is 6.08 Å². The fourth-order valence-corrected chi connectivity index (χ4v) is 0.593. The molecule has 1 rings (SSSR count). The summed E-state index contributed by atoms with van der Waals surface area (Å²) in [6.45, 7) is 5.17. The monoisotopic (exact) mass is 136 g/mol. The Morgan fingerprint density at radius 2 is 2.60 bits per heavy atom. The van der Waals surface area contributed by atoms with Crippen molar-refractivity contribution in [2.45, 2.75) is 6.92 Å². The van der Waals surface area contributed by atoms with Gasteiger partial charge in [-0.05, 0) is 19.7 Å². The zero-order chi connectivity index (χ0) is 7.40. The summed E-state index contributed by atoms with van der Waals surface area (Å²) in [7, 11) is 0. The van der Waals surface area contributed by atoms with Gasteiger partial charge in [0.25, 0.3) is 0 Å². The van der Waals surface area contributed by atoms with Crippen molar-refractivity contribution >= 4 is 12.8 Å². The molecule has 0 unspecified atom stereocenters. The molecule has 0 radical (unpaired) electrons. The number of hydrogen-bond acceptors (Lipinski definition) is 3. The predicted molar refractivity (Wildman–Crippen MR) is 39.8 cm³/mol. The third-order valence-corrected chi connectivity index (χ3v) is 1.15. The van der Waals surface area contributed by atoms with Crippen molar-refractivity contribution in [1.29, 1.82) is 0 Å². The van der Waals surface area contributed by atoms with E-state index < -0.39 is 0 Å². The van der Waals surface area contributed by atoms with Crippen LogP contribution in [0.1, 0.15) is 11.3 Å². The average Bonchev–Trinajstić information content (AvgIpc) is 2.31. The molecule has 3 heteroatoms. The molecule has 0 atom stereocenters. The molecule has 1 aromatic rings. The van der Waals surface area contributed by atoms with E-state index in [0.29, 0.717) is 0 Å². The number of nitrogens with zero attached hydrogens (tertiary/aromatic N) is 2. The van der Waals surface area contributed by atoms with Gasteiger partial charge in [0.2, 0.25) is 0 Å². The first-order valence-corrected chi connectivity index (χ1v) is 2.88. The molecule has 1 heterocycles. The summed E-state index contributed by atoms with van der Waals surface area (Å²) in [4.78, 5) is 3.55. The lowest BCUT2D eigenvalue weighted by Crippen LogP contribution is -1.71. The number of hydrogen-bond donors (Lipinski definition) is 0.